The van der Waals surface area contributed by atoms with Crippen molar-refractivity contribution in [2.75, 3.05) is 0 Å². The lowest BCUT2D eigenvalue weighted by Gasteiger charge is -2.16. The van der Waals surface area contributed by atoms with Crippen molar-refractivity contribution in [1.82, 2.24) is 19.9 Å². The van der Waals surface area contributed by atoms with Gasteiger partial charge in [-0.15, -0.1) is 0 Å². The van der Waals surface area contributed by atoms with Crippen LogP contribution in [0.25, 0.3) is 16.6 Å². The van der Waals surface area contributed by atoms with E-state index in [4.69, 9.17) is 0 Å². The third-order valence-corrected chi connectivity index (χ3v) is 5.73. The highest BCUT2D eigenvalue weighted by molar-refractivity contribution is 8.00. The maximum atomic E-state index is 13.9. The van der Waals surface area contributed by atoms with Crippen LogP contribution in [0.4, 0.5) is 4.39 Å². The molecular weight excluding hydrogens is 415 g/mol. The molecule has 1 N–H and O–H groups in total. The molecule has 1 unspecified atom stereocenters. The summed E-state index contributed by atoms with van der Waals surface area (Å²) in [5.74, 6) is -0.660. The van der Waals surface area contributed by atoms with Crippen molar-refractivity contribution >= 4 is 28.6 Å². The molecule has 0 aliphatic heterocycles. The molecule has 1 amide bonds. The van der Waals surface area contributed by atoms with Crippen molar-refractivity contribution in [1.29, 1.82) is 0 Å². The highest BCUT2D eigenvalue weighted by Crippen LogP contribution is 2.25. The Morgan fingerprint density at radius 2 is 1.90 bits per heavy atom. The van der Waals surface area contributed by atoms with Crippen LogP contribution >= 0.6 is 11.8 Å². The number of aromatic nitrogens is 3. The number of amides is 1. The van der Waals surface area contributed by atoms with Gasteiger partial charge in [-0.2, -0.15) is 0 Å². The smallest absolute Gasteiger partial charge is 0.266 e. The largest absolute Gasteiger partial charge is 0.351 e. The zero-order valence-corrected chi connectivity index (χ0v) is 17.5. The summed E-state index contributed by atoms with van der Waals surface area (Å²) in [6.07, 6.45) is 3.33. The number of hydrogen-bond acceptors (Lipinski definition) is 5. The number of carbonyl (C=O) groups is 1. The van der Waals surface area contributed by atoms with E-state index in [2.05, 4.69) is 15.3 Å². The second kappa shape index (κ2) is 9.09. The van der Waals surface area contributed by atoms with E-state index >= 15 is 0 Å². The first kappa shape index (κ1) is 20.7. The fourth-order valence-electron chi connectivity index (χ4n) is 3.08. The number of rotatable bonds is 6. The van der Waals surface area contributed by atoms with Crippen molar-refractivity contribution in [2.24, 2.45) is 0 Å². The Labute approximate surface area is 182 Å². The summed E-state index contributed by atoms with van der Waals surface area (Å²) in [7, 11) is 0. The Bertz CT molecular complexity index is 1290. The SMILES string of the molecule is CC(Sc1nc2ccccc2c(=O)n1-c1cccc(F)c1)C(=O)NCc1ccncc1. The van der Waals surface area contributed by atoms with Gasteiger partial charge in [-0.05, 0) is 55.0 Å². The third-order valence-electron chi connectivity index (χ3n) is 4.68. The quantitative estimate of drug-likeness (QED) is 0.370. The first-order chi connectivity index (χ1) is 15.0. The second-order valence-electron chi connectivity index (χ2n) is 6.87. The molecule has 0 fully saturated rings. The van der Waals surface area contributed by atoms with Gasteiger partial charge in [0.1, 0.15) is 5.82 Å². The number of fused-ring (bicyclic) bond motifs is 1. The molecule has 156 valence electrons. The van der Waals surface area contributed by atoms with Crippen molar-refractivity contribution < 1.29 is 9.18 Å². The van der Waals surface area contributed by atoms with Gasteiger partial charge in [-0.3, -0.25) is 19.1 Å². The van der Waals surface area contributed by atoms with E-state index in [0.29, 0.717) is 28.3 Å². The second-order valence-corrected chi connectivity index (χ2v) is 8.17. The molecule has 0 aliphatic rings. The van der Waals surface area contributed by atoms with Gasteiger partial charge in [0, 0.05) is 18.9 Å². The van der Waals surface area contributed by atoms with Gasteiger partial charge in [0.2, 0.25) is 5.91 Å². The number of nitrogens with zero attached hydrogens (tertiary/aromatic N) is 3. The first-order valence-electron chi connectivity index (χ1n) is 9.64. The Balaban J connectivity index is 1.66. The predicted molar refractivity (Wildman–Crippen MR) is 119 cm³/mol. The van der Waals surface area contributed by atoms with Gasteiger partial charge >= 0.3 is 0 Å². The monoisotopic (exact) mass is 434 g/mol. The number of hydrogen-bond donors (Lipinski definition) is 1. The summed E-state index contributed by atoms with van der Waals surface area (Å²) >= 11 is 1.15. The summed E-state index contributed by atoms with van der Waals surface area (Å²) in [6.45, 7) is 2.11. The molecule has 0 saturated carbocycles. The highest BCUT2D eigenvalue weighted by Gasteiger charge is 2.20. The Hall–Kier alpha value is -3.52. The number of pyridine rings is 1. The zero-order chi connectivity index (χ0) is 21.8. The maximum absolute atomic E-state index is 13.9. The fraction of sp³-hybridized carbons (Fsp3) is 0.130. The number of benzene rings is 2. The maximum Gasteiger partial charge on any atom is 0.266 e. The molecule has 4 aromatic rings. The highest BCUT2D eigenvalue weighted by atomic mass is 32.2. The van der Waals surface area contributed by atoms with Crippen LogP contribution in [0.1, 0.15) is 12.5 Å². The van der Waals surface area contributed by atoms with Crippen LogP contribution < -0.4 is 10.9 Å². The minimum absolute atomic E-state index is 0.199. The molecule has 0 bridgehead atoms. The molecule has 0 aliphatic carbocycles. The van der Waals surface area contributed by atoms with Crippen LogP contribution in [0.5, 0.6) is 0 Å². The van der Waals surface area contributed by atoms with E-state index in [1.54, 1.807) is 49.6 Å². The van der Waals surface area contributed by atoms with E-state index < -0.39 is 11.1 Å². The lowest BCUT2D eigenvalue weighted by atomic mass is 10.2. The molecule has 0 spiro atoms. The van der Waals surface area contributed by atoms with Crippen LogP contribution in [0.2, 0.25) is 0 Å². The van der Waals surface area contributed by atoms with Crippen LogP contribution in [0.3, 0.4) is 0 Å². The van der Waals surface area contributed by atoms with Gasteiger partial charge in [0.25, 0.3) is 5.56 Å². The summed E-state index contributed by atoms with van der Waals surface area (Å²) in [4.78, 5) is 34.4. The number of halogens is 1. The van der Waals surface area contributed by atoms with Crippen LogP contribution in [-0.2, 0) is 11.3 Å². The standard InChI is InChI=1S/C23H19FN4O2S/c1-15(21(29)26-14-16-9-11-25-12-10-16)31-23-27-20-8-3-2-7-19(20)22(30)28(23)18-6-4-5-17(24)13-18/h2-13,15H,14H2,1H3,(H,26,29). The van der Waals surface area contributed by atoms with E-state index in [-0.39, 0.29) is 11.5 Å². The van der Waals surface area contributed by atoms with Crippen molar-refractivity contribution in [2.45, 2.75) is 23.9 Å². The summed E-state index contributed by atoms with van der Waals surface area (Å²) < 4.78 is 15.2. The van der Waals surface area contributed by atoms with Gasteiger partial charge in [-0.25, -0.2) is 9.37 Å². The molecule has 2 aromatic carbocycles. The van der Waals surface area contributed by atoms with Crippen LogP contribution in [0, 0.1) is 5.82 Å². The summed E-state index contributed by atoms with van der Waals surface area (Å²) in [6, 6.07) is 16.4. The molecule has 4 rings (SSSR count). The molecule has 0 radical (unpaired) electrons. The van der Waals surface area contributed by atoms with Crippen molar-refractivity contribution in [3.8, 4) is 5.69 Å². The molecular formula is C23H19FN4O2S. The number of carbonyl (C=O) groups excluding carboxylic acids is 1. The topological polar surface area (TPSA) is 76.9 Å². The number of para-hydroxylation sites is 1. The van der Waals surface area contributed by atoms with Gasteiger partial charge in [0.15, 0.2) is 5.16 Å². The van der Waals surface area contributed by atoms with Crippen molar-refractivity contribution in [3.05, 3.63) is 94.8 Å². The van der Waals surface area contributed by atoms with Gasteiger partial charge < -0.3 is 5.32 Å². The van der Waals surface area contributed by atoms with Crippen LogP contribution in [-0.4, -0.2) is 25.7 Å². The number of nitrogens with one attached hydrogen (secondary N) is 1. The minimum atomic E-state index is -0.533. The van der Waals surface area contributed by atoms with E-state index in [0.717, 1.165) is 17.3 Å². The average molecular weight is 434 g/mol. The first-order valence-corrected chi connectivity index (χ1v) is 10.5. The summed E-state index contributed by atoms with van der Waals surface area (Å²) in [5.41, 5.74) is 1.49. The lowest BCUT2D eigenvalue weighted by Crippen LogP contribution is -2.31. The van der Waals surface area contributed by atoms with Crippen LogP contribution in [0.15, 0.2) is 83.0 Å². The lowest BCUT2D eigenvalue weighted by molar-refractivity contribution is -0.120. The Morgan fingerprint density at radius 3 is 2.68 bits per heavy atom. The van der Waals surface area contributed by atoms with Gasteiger partial charge in [-0.1, -0.05) is 30.0 Å². The van der Waals surface area contributed by atoms with E-state index in [1.807, 2.05) is 12.1 Å². The normalized spacial score (nSPS) is 11.9. The average Bonchev–Trinajstić information content (AvgIpc) is 2.78. The predicted octanol–water partition coefficient (Wildman–Crippen LogP) is 3.72. The number of thioether (sulfide) groups is 1. The fourth-order valence-corrected chi connectivity index (χ4v) is 4.03. The minimum Gasteiger partial charge on any atom is -0.351 e. The Morgan fingerprint density at radius 1 is 1.13 bits per heavy atom. The van der Waals surface area contributed by atoms with Crippen molar-refractivity contribution in [3.63, 3.8) is 0 Å². The molecule has 6 nitrogen and oxygen atoms in total. The molecule has 1 atom stereocenters. The molecule has 2 heterocycles. The Kier molecular flexibility index (Phi) is 6.08. The molecule has 8 heteroatoms. The van der Waals surface area contributed by atoms with E-state index in [9.17, 15) is 14.0 Å². The summed E-state index contributed by atoms with van der Waals surface area (Å²) in [5, 5.41) is 3.09. The van der Waals surface area contributed by atoms with Gasteiger partial charge in [0.05, 0.1) is 21.8 Å². The molecule has 31 heavy (non-hydrogen) atoms. The molecule has 0 saturated heterocycles. The zero-order valence-electron chi connectivity index (χ0n) is 16.7. The third kappa shape index (κ3) is 4.64. The van der Waals surface area contributed by atoms with E-state index in [1.165, 1.54) is 22.8 Å². The molecule has 2 aromatic heterocycles.